The first-order chi connectivity index (χ1) is 17.2. The van der Waals surface area contributed by atoms with E-state index in [4.69, 9.17) is 4.74 Å². The summed E-state index contributed by atoms with van der Waals surface area (Å²) >= 11 is 1.69. The van der Waals surface area contributed by atoms with Crippen molar-refractivity contribution in [3.63, 3.8) is 0 Å². The van der Waals surface area contributed by atoms with Crippen molar-refractivity contribution in [2.75, 3.05) is 19.7 Å². The summed E-state index contributed by atoms with van der Waals surface area (Å²) in [7, 11) is -3.83. The van der Waals surface area contributed by atoms with Gasteiger partial charge in [-0.25, -0.2) is 8.42 Å². The molecule has 0 aliphatic carbocycles. The van der Waals surface area contributed by atoms with Crippen molar-refractivity contribution < 1.29 is 17.9 Å². The molecule has 0 spiro atoms. The number of carbonyl (C=O) groups excluding carboxylic acids is 1. The molecule has 0 saturated carbocycles. The van der Waals surface area contributed by atoms with Crippen LogP contribution in [-0.2, 0) is 21.2 Å². The molecule has 2 atom stereocenters. The Balaban J connectivity index is 1.58. The van der Waals surface area contributed by atoms with Gasteiger partial charge < -0.3 is 9.64 Å². The number of aryl methyl sites for hydroxylation is 2. The van der Waals surface area contributed by atoms with Crippen LogP contribution in [0.2, 0.25) is 0 Å². The number of hydrogen-bond acceptors (Lipinski definition) is 5. The molecule has 1 amide bonds. The lowest BCUT2D eigenvalue weighted by Crippen LogP contribution is -2.49. The first-order valence-corrected chi connectivity index (χ1v) is 14.7. The Morgan fingerprint density at radius 1 is 1.08 bits per heavy atom. The second-order valence-corrected chi connectivity index (χ2v) is 12.3. The standard InChI is InChI=1S/C28H34N2O4S2/c1-5-22(4)30(36(32,33)24-12-8-21(3)9-13-24)18-28(31)29-16-14-27-25(15-17-35-27)26(29)19-34-23-10-6-20(2)7-11-23/h6-13,15,17,22,26H,5,14,16,18-19H2,1-4H3/t22-,26+/m1/s1. The summed E-state index contributed by atoms with van der Waals surface area (Å²) < 4.78 is 34.6. The SMILES string of the molecule is CC[C@@H](C)N(CC(=O)N1CCc2sccc2[C@@H]1COc1ccc(C)cc1)S(=O)(=O)c1ccc(C)cc1. The molecule has 0 bridgehead atoms. The molecular formula is C28H34N2O4S2. The van der Waals surface area contributed by atoms with Crippen LogP contribution in [0.5, 0.6) is 5.75 Å². The van der Waals surface area contributed by atoms with Gasteiger partial charge >= 0.3 is 0 Å². The fraction of sp³-hybridized carbons (Fsp3) is 0.393. The highest BCUT2D eigenvalue weighted by Gasteiger charge is 2.36. The predicted octanol–water partition coefficient (Wildman–Crippen LogP) is 5.36. The van der Waals surface area contributed by atoms with Gasteiger partial charge in [-0.3, -0.25) is 4.79 Å². The third-order valence-corrected chi connectivity index (χ3v) is 9.82. The van der Waals surface area contributed by atoms with E-state index in [1.54, 1.807) is 40.5 Å². The Labute approximate surface area is 218 Å². The number of ether oxygens (including phenoxy) is 1. The largest absolute Gasteiger partial charge is 0.491 e. The molecule has 2 heterocycles. The van der Waals surface area contributed by atoms with E-state index in [-0.39, 0.29) is 29.4 Å². The molecule has 2 aromatic carbocycles. The highest BCUT2D eigenvalue weighted by molar-refractivity contribution is 7.89. The van der Waals surface area contributed by atoms with E-state index in [1.807, 2.05) is 57.3 Å². The van der Waals surface area contributed by atoms with Crippen LogP contribution >= 0.6 is 11.3 Å². The molecule has 1 aliphatic heterocycles. The van der Waals surface area contributed by atoms with Gasteiger partial charge in [-0.05, 0) is 74.9 Å². The lowest BCUT2D eigenvalue weighted by Gasteiger charge is -2.37. The Morgan fingerprint density at radius 2 is 1.72 bits per heavy atom. The number of sulfonamides is 1. The fourth-order valence-corrected chi connectivity index (χ4v) is 7.02. The van der Waals surface area contributed by atoms with Crippen LogP contribution < -0.4 is 4.74 Å². The summed E-state index contributed by atoms with van der Waals surface area (Å²) in [5.74, 6) is 0.541. The first-order valence-electron chi connectivity index (χ1n) is 12.3. The molecule has 36 heavy (non-hydrogen) atoms. The molecule has 0 N–H and O–H groups in total. The van der Waals surface area contributed by atoms with E-state index in [1.165, 1.54) is 9.18 Å². The maximum atomic E-state index is 13.7. The maximum Gasteiger partial charge on any atom is 0.243 e. The minimum Gasteiger partial charge on any atom is -0.491 e. The number of hydrogen-bond donors (Lipinski definition) is 0. The first kappa shape index (κ1) is 26.4. The van der Waals surface area contributed by atoms with Crippen LogP contribution in [0, 0.1) is 13.8 Å². The normalized spacial score (nSPS) is 16.6. The van der Waals surface area contributed by atoms with Crippen molar-refractivity contribution in [2.24, 2.45) is 0 Å². The molecule has 1 aromatic heterocycles. The molecule has 0 saturated heterocycles. The van der Waals surface area contributed by atoms with E-state index >= 15 is 0 Å². The Kier molecular flexibility index (Phi) is 8.17. The van der Waals surface area contributed by atoms with Crippen molar-refractivity contribution >= 4 is 27.3 Å². The molecule has 0 fully saturated rings. The highest BCUT2D eigenvalue weighted by Crippen LogP contribution is 2.34. The molecular weight excluding hydrogens is 492 g/mol. The molecule has 4 rings (SSSR count). The van der Waals surface area contributed by atoms with Gasteiger partial charge in [-0.15, -0.1) is 11.3 Å². The minimum atomic E-state index is -3.83. The van der Waals surface area contributed by atoms with Crippen molar-refractivity contribution in [3.05, 3.63) is 81.5 Å². The van der Waals surface area contributed by atoms with E-state index in [0.717, 1.165) is 28.9 Å². The van der Waals surface area contributed by atoms with Gasteiger partial charge in [0, 0.05) is 17.5 Å². The topological polar surface area (TPSA) is 66.9 Å². The lowest BCUT2D eigenvalue weighted by molar-refractivity contribution is -0.135. The van der Waals surface area contributed by atoms with E-state index in [0.29, 0.717) is 19.6 Å². The smallest absolute Gasteiger partial charge is 0.243 e. The summed E-state index contributed by atoms with van der Waals surface area (Å²) in [6.45, 7) is 8.37. The molecule has 6 nitrogen and oxygen atoms in total. The van der Waals surface area contributed by atoms with Crippen molar-refractivity contribution in [3.8, 4) is 5.75 Å². The van der Waals surface area contributed by atoms with Crippen molar-refractivity contribution in [2.45, 2.75) is 57.5 Å². The van der Waals surface area contributed by atoms with Gasteiger partial charge in [-0.2, -0.15) is 4.31 Å². The number of thiophene rings is 1. The van der Waals surface area contributed by atoms with Crippen molar-refractivity contribution in [1.82, 2.24) is 9.21 Å². The minimum absolute atomic E-state index is 0.203. The molecule has 3 aromatic rings. The van der Waals surface area contributed by atoms with E-state index in [9.17, 15) is 13.2 Å². The number of benzene rings is 2. The number of fused-ring (bicyclic) bond motifs is 1. The van der Waals surface area contributed by atoms with E-state index in [2.05, 4.69) is 6.07 Å². The summed E-state index contributed by atoms with van der Waals surface area (Å²) in [5.41, 5.74) is 3.22. The molecule has 0 radical (unpaired) electrons. The van der Waals surface area contributed by atoms with Crippen LogP contribution in [0.3, 0.4) is 0 Å². The molecule has 192 valence electrons. The fourth-order valence-electron chi connectivity index (χ4n) is 4.44. The number of amides is 1. The van der Waals surface area contributed by atoms with Gasteiger partial charge in [0.25, 0.3) is 0 Å². The zero-order chi connectivity index (χ0) is 25.9. The number of nitrogens with zero attached hydrogens (tertiary/aromatic N) is 2. The monoisotopic (exact) mass is 526 g/mol. The highest BCUT2D eigenvalue weighted by atomic mass is 32.2. The van der Waals surface area contributed by atoms with Crippen LogP contribution in [0.15, 0.2) is 64.9 Å². The average molecular weight is 527 g/mol. The third-order valence-electron chi connectivity index (χ3n) is 6.85. The Morgan fingerprint density at radius 3 is 2.36 bits per heavy atom. The maximum absolute atomic E-state index is 13.7. The molecule has 0 unspecified atom stereocenters. The summed E-state index contributed by atoms with van der Waals surface area (Å²) in [6, 6.07) is 16.1. The summed E-state index contributed by atoms with van der Waals surface area (Å²) in [4.78, 5) is 17.0. The van der Waals surface area contributed by atoms with E-state index < -0.39 is 10.0 Å². The Bertz CT molecular complexity index is 1280. The molecule has 8 heteroatoms. The zero-order valence-electron chi connectivity index (χ0n) is 21.3. The average Bonchev–Trinajstić information content (AvgIpc) is 3.35. The molecule has 1 aliphatic rings. The van der Waals surface area contributed by atoms with Crippen LogP contribution in [0.25, 0.3) is 0 Å². The van der Waals surface area contributed by atoms with Gasteiger partial charge in [0.15, 0.2) is 0 Å². The quantitative estimate of drug-likeness (QED) is 0.377. The van der Waals surface area contributed by atoms with Crippen LogP contribution in [0.1, 0.15) is 47.9 Å². The number of rotatable bonds is 9. The second kappa shape index (κ2) is 11.2. The second-order valence-electron chi connectivity index (χ2n) is 9.40. The Hall–Kier alpha value is -2.68. The zero-order valence-corrected chi connectivity index (χ0v) is 22.9. The predicted molar refractivity (Wildman–Crippen MR) is 144 cm³/mol. The van der Waals surface area contributed by atoms with Crippen LogP contribution in [0.4, 0.5) is 0 Å². The summed E-state index contributed by atoms with van der Waals surface area (Å²) in [6.07, 6.45) is 1.36. The van der Waals surface area contributed by atoms with Gasteiger partial charge in [-0.1, -0.05) is 42.3 Å². The van der Waals surface area contributed by atoms with Gasteiger partial charge in [0.1, 0.15) is 12.4 Å². The number of carbonyl (C=O) groups is 1. The van der Waals surface area contributed by atoms with Crippen molar-refractivity contribution in [1.29, 1.82) is 0 Å². The summed E-state index contributed by atoms with van der Waals surface area (Å²) in [5, 5.41) is 2.05. The lowest BCUT2D eigenvalue weighted by atomic mass is 10.0. The van der Waals surface area contributed by atoms with Gasteiger partial charge in [0.2, 0.25) is 15.9 Å². The third kappa shape index (κ3) is 5.66. The van der Waals surface area contributed by atoms with Crippen LogP contribution in [-0.4, -0.2) is 49.3 Å². The van der Waals surface area contributed by atoms with Gasteiger partial charge in [0.05, 0.1) is 17.5 Å².